The molecule has 19 heavy (non-hydrogen) atoms. The van der Waals surface area contributed by atoms with Gasteiger partial charge in [0.15, 0.2) is 0 Å². The number of hydrogen-bond acceptors (Lipinski definition) is 3. The Morgan fingerprint density at radius 3 is 2.68 bits per heavy atom. The molecule has 0 spiro atoms. The summed E-state index contributed by atoms with van der Waals surface area (Å²) in [5.74, 6) is -0.767. The van der Waals surface area contributed by atoms with Crippen LogP contribution in [0.5, 0.6) is 0 Å². The quantitative estimate of drug-likeness (QED) is 0.791. The van der Waals surface area contributed by atoms with Gasteiger partial charge in [0.2, 0.25) is 0 Å². The number of amides is 2. The molecule has 2 amide bonds. The van der Waals surface area contributed by atoms with E-state index < -0.39 is 12.0 Å². The second-order valence-electron chi connectivity index (χ2n) is 5.42. The van der Waals surface area contributed by atoms with Gasteiger partial charge in [-0.2, -0.15) is 0 Å². The summed E-state index contributed by atoms with van der Waals surface area (Å²) in [6.45, 7) is 5.05. The molecule has 6 nitrogen and oxygen atoms in total. The van der Waals surface area contributed by atoms with Crippen molar-refractivity contribution in [2.45, 2.75) is 45.3 Å². The SMILES string of the molecule is COC1CCCN(C(=O)N[C@H](CC(C)C)C(=O)O)C1. The fourth-order valence-electron chi connectivity index (χ4n) is 2.25. The van der Waals surface area contributed by atoms with Crippen LogP contribution in [-0.4, -0.2) is 54.4 Å². The number of ether oxygens (including phenoxy) is 1. The van der Waals surface area contributed by atoms with Crippen LogP contribution in [0.2, 0.25) is 0 Å². The fraction of sp³-hybridized carbons (Fsp3) is 0.846. The number of nitrogens with one attached hydrogen (secondary N) is 1. The van der Waals surface area contributed by atoms with Gasteiger partial charge in [0.05, 0.1) is 6.10 Å². The third kappa shape index (κ3) is 5.06. The summed E-state index contributed by atoms with van der Waals surface area (Å²) in [5, 5.41) is 11.7. The molecular weight excluding hydrogens is 248 g/mol. The van der Waals surface area contributed by atoms with Crippen LogP contribution in [0.15, 0.2) is 0 Å². The first kappa shape index (κ1) is 15.8. The first-order chi connectivity index (χ1) is 8.93. The monoisotopic (exact) mass is 272 g/mol. The molecule has 1 fully saturated rings. The summed E-state index contributed by atoms with van der Waals surface area (Å²) in [7, 11) is 1.63. The van der Waals surface area contributed by atoms with Crippen molar-refractivity contribution in [1.82, 2.24) is 10.2 Å². The number of aliphatic carboxylic acids is 1. The Balaban J connectivity index is 2.53. The second kappa shape index (κ2) is 7.33. The summed E-state index contributed by atoms with van der Waals surface area (Å²) in [6.07, 6.45) is 2.30. The molecule has 0 aliphatic carbocycles. The highest BCUT2D eigenvalue weighted by Crippen LogP contribution is 2.13. The highest BCUT2D eigenvalue weighted by atomic mass is 16.5. The average Bonchev–Trinajstić information content (AvgIpc) is 2.37. The van der Waals surface area contributed by atoms with Crippen molar-refractivity contribution < 1.29 is 19.4 Å². The number of nitrogens with zero attached hydrogens (tertiary/aromatic N) is 1. The van der Waals surface area contributed by atoms with Crippen LogP contribution in [0.1, 0.15) is 33.1 Å². The molecule has 6 heteroatoms. The number of rotatable bonds is 5. The molecule has 0 aromatic rings. The van der Waals surface area contributed by atoms with Crippen molar-refractivity contribution in [2.75, 3.05) is 20.2 Å². The zero-order valence-corrected chi connectivity index (χ0v) is 11.9. The van der Waals surface area contributed by atoms with Crippen LogP contribution in [0.25, 0.3) is 0 Å². The number of urea groups is 1. The maximum absolute atomic E-state index is 12.1. The normalized spacial score (nSPS) is 21.3. The Bertz CT molecular complexity index is 320. The van der Waals surface area contributed by atoms with E-state index >= 15 is 0 Å². The molecular formula is C13H24N2O4. The van der Waals surface area contributed by atoms with Crippen LogP contribution in [0, 0.1) is 5.92 Å². The van der Waals surface area contributed by atoms with Crippen LogP contribution in [0.4, 0.5) is 4.79 Å². The maximum atomic E-state index is 12.1. The number of carboxylic acids is 1. The highest BCUT2D eigenvalue weighted by molar-refractivity contribution is 5.82. The summed E-state index contributed by atoms with van der Waals surface area (Å²) < 4.78 is 5.25. The molecule has 1 heterocycles. The Hall–Kier alpha value is -1.30. The number of carboxylic acid groups (broad SMARTS) is 1. The topological polar surface area (TPSA) is 78.9 Å². The second-order valence-corrected chi connectivity index (χ2v) is 5.42. The van der Waals surface area contributed by atoms with Gasteiger partial charge in [-0.15, -0.1) is 0 Å². The van der Waals surface area contributed by atoms with Gasteiger partial charge in [0.25, 0.3) is 0 Å². The van der Waals surface area contributed by atoms with Gasteiger partial charge in [-0.1, -0.05) is 13.8 Å². The van der Waals surface area contributed by atoms with E-state index in [-0.39, 0.29) is 18.1 Å². The zero-order valence-electron chi connectivity index (χ0n) is 11.9. The molecule has 0 aromatic heterocycles. The van der Waals surface area contributed by atoms with E-state index in [1.165, 1.54) is 0 Å². The van der Waals surface area contributed by atoms with Crippen LogP contribution < -0.4 is 5.32 Å². The van der Waals surface area contributed by atoms with E-state index in [1.807, 2.05) is 13.8 Å². The fourth-order valence-corrected chi connectivity index (χ4v) is 2.25. The van der Waals surface area contributed by atoms with E-state index in [1.54, 1.807) is 12.0 Å². The largest absolute Gasteiger partial charge is 0.480 e. The lowest BCUT2D eigenvalue weighted by molar-refractivity contribution is -0.139. The lowest BCUT2D eigenvalue weighted by Gasteiger charge is -2.32. The van der Waals surface area contributed by atoms with Crippen molar-refractivity contribution in [1.29, 1.82) is 0 Å². The smallest absolute Gasteiger partial charge is 0.326 e. The van der Waals surface area contributed by atoms with Crippen LogP contribution >= 0.6 is 0 Å². The Morgan fingerprint density at radius 1 is 1.47 bits per heavy atom. The number of methoxy groups -OCH3 is 1. The molecule has 1 aliphatic heterocycles. The first-order valence-corrected chi connectivity index (χ1v) is 6.75. The van der Waals surface area contributed by atoms with Gasteiger partial charge in [0.1, 0.15) is 6.04 Å². The Morgan fingerprint density at radius 2 is 2.16 bits per heavy atom. The zero-order chi connectivity index (χ0) is 14.4. The number of carbonyl (C=O) groups is 2. The summed E-state index contributed by atoms with van der Waals surface area (Å²) in [6, 6.07) is -1.13. The van der Waals surface area contributed by atoms with Gasteiger partial charge in [-0.3, -0.25) is 0 Å². The molecule has 110 valence electrons. The lowest BCUT2D eigenvalue weighted by Crippen LogP contribution is -2.52. The van der Waals surface area contributed by atoms with Crippen molar-refractivity contribution in [3.8, 4) is 0 Å². The molecule has 0 aromatic carbocycles. The molecule has 2 N–H and O–H groups in total. The van der Waals surface area contributed by atoms with Gasteiger partial charge >= 0.3 is 12.0 Å². The van der Waals surface area contributed by atoms with E-state index in [9.17, 15) is 9.59 Å². The van der Waals surface area contributed by atoms with Crippen LogP contribution in [-0.2, 0) is 9.53 Å². The predicted octanol–water partition coefficient (Wildman–Crippen LogP) is 1.31. The highest BCUT2D eigenvalue weighted by Gasteiger charge is 2.27. The maximum Gasteiger partial charge on any atom is 0.326 e. The predicted molar refractivity (Wildman–Crippen MR) is 71.0 cm³/mol. The molecule has 1 rings (SSSR count). The Kier molecular flexibility index (Phi) is 6.08. The van der Waals surface area contributed by atoms with Crippen molar-refractivity contribution in [2.24, 2.45) is 5.92 Å². The van der Waals surface area contributed by atoms with Gasteiger partial charge in [-0.05, 0) is 25.2 Å². The van der Waals surface area contributed by atoms with Crippen molar-refractivity contribution in [3.05, 3.63) is 0 Å². The molecule has 0 bridgehead atoms. The minimum Gasteiger partial charge on any atom is -0.480 e. The molecule has 2 atom stereocenters. The minimum atomic E-state index is -0.984. The van der Waals surface area contributed by atoms with Crippen LogP contribution in [0.3, 0.4) is 0 Å². The van der Waals surface area contributed by atoms with Gasteiger partial charge in [-0.25, -0.2) is 9.59 Å². The molecule has 0 saturated carbocycles. The van der Waals surface area contributed by atoms with Gasteiger partial charge in [0, 0.05) is 20.2 Å². The third-order valence-electron chi connectivity index (χ3n) is 3.30. The molecule has 1 saturated heterocycles. The van der Waals surface area contributed by atoms with E-state index in [4.69, 9.17) is 9.84 Å². The lowest BCUT2D eigenvalue weighted by atomic mass is 10.0. The van der Waals surface area contributed by atoms with Crippen molar-refractivity contribution >= 4 is 12.0 Å². The Labute approximate surface area is 114 Å². The van der Waals surface area contributed by atoms with Crippen molar-refractivity contribution in [3.63, 3.8) is 0 Å². The number of hydrogen-bond donors (Lipinski definition) is 2. The van der Waals surface area contributed by atoms with E-state index in [0.717, 1.165) is 12.8 Å². The third-order valence-corrected chi connectivity index (χ3v) is 3.30. The first-order valence-electron chi connectivity index (χ1n) is 6.75. The van der Waals surface area contributed by atoms with E-state index in [2.05, 4.69) is 5.32 Å². The number of likely N-dealkylation sites (tertiary alicyclic amines) is 1. The molecule has 1 aliphatic rings. The number of piperidine rings is 1. The summed E-state index contributed by atoms with van der Waals surface area (Å²) in [5.41, 5.74) is 0. The van der Waals surface area contributed by atoms with Gasteiger partial charge < -0.3 is 20.1 Å². The minimum absolute atomic E-state index is 0.0490. The number of carbonyl (C=O) groups excluding carboxylic acids is 1. The summed E-state index contributed by atoms with van der Waals surface area (Å²) in [4.78, 5) is 24.8. The standard InChI is InChI=1S/C13H24N2O4/c1-9(2)7-11(12(16)17)14-13(18)15-6-4-5-10(8-15)19-3/h9-11H,4-8H2,1-3H3,(H,14,18)(H,16,17)/t10?,11-/m1/s1. The van der Waals surface area contributed by atoms with E-state index in [0.29, 0.717) is 19.5 Å². The molecule has 1 unspecified atom stereocenters. The summed E-state index contributed by atoms with van der Waals surface area (Å²) >= 11 is 0. The molecule has 0 radical (unpaired) electrons. The average molecular weight is 272 g/mol.